The molecule has 1 atom stereocenters. The minimum Gasteiger partial charge on any atom is -0.390 e. The van der Waals surface area contributed by atoms with Crippen LogP contribution >= 0.6 is 11.6 Å². The molecule has 0 fully saturated rings. The van der Waals surface area contributed by atoms with Crippen molar-refractivity contribution in [2.45, 2.75) is 18.1 Å². The lowest BCUT2D eigenvalue weighted by atomic mass is 9.99. The summed E-state index contributed by atoms with van der Waals surface area (Å²) in [6.07, 6.45) is -4.69. The average Bonchev–Trinajstić information content (AvgIpc) is 2.27. The lowest BCUT2D eigenvalue weighted by molar-refractivity contribution is -0.137. The maximum Gasteiger partial charge on any atom is 0.416 e. The molecule has 0 saturated heterocycles. The summed E-state index contributed by atoms with van der Waals surface area (Å²) in [5.41, 5.74) is 3.44. The van der Waals surface area contributed by atoms with E-state index in [1.54, 1.807) is 0 Å². The minimum absolute atomic E-state index is 0.316. The summed E-state index contributed by atoms with van der Waals surface area (Å²) in [6, 6.07) is -0.156. The summed E-state index contributed by atoms with van der Waals surface area (Å²) in [4.78, 5) is 0. The summed E-state index contributed by atoms with van der Waals surface area (Å²) in [5.74, 6) is -3.76. The first kappa shape index (κ1) is 15.1. The molecule has 0 unspecified atom stereocenters. The van der Waals surface area contributed by atoms with E-state index in [9.17, 15) is 22.0 Å². The van der Waals surface area contributed by atoms with Crippen LogP contribution in [0.2, 0.25) is 5.02 Å². The van der Waals surface area contributed by atoms with Crippen molar-refractivity contribution in [1.29, 1.82) is 0 Å². The molecule has 0 aromatic heterocycles. The van der Waals surface area contributed by atoms with Gasteiger partial charge < -0.3 is 10.8 Å². The van der Waals surface area contributed by atoms with Crippen LogP contribution in [0.3, 0.4) is 0 Å². The number of hydrogen-bond acceptors (Lipinski definition) is 2. The van der Waals surface area contributed by atoms with Crippen molar-refractivity contribution in [1.82, 2.24) is 0 Å². The molecule has 102 valence electrons. The molecule has 2 nitrogen and oxygen atoms in total. The van der Waals surface area contributed by atoms with Gasteiger partial charge in [0.25, 0.3) is 5.92 Å². The number of benzene rings is 1. The quantitative estimate of drug-likeness (QED) is 0.840. The molecular weight excluding hydrogens is 281 g/mol. The molecule has 0 heterocycles. The fourth-order valence-corrected chi connectivity index (χ4v) is 1.52. The number of aliphatic hydroxyl groups excluding tert-OH is 1. The molecule has 18 heavy (non-hydrogen) atoms. The lowest BCUT2D eigenvalue weighted by Gasteiger charge is -2.23. The second-order valence-corrected chi connectivity index (χ2v) is 4.04. The zero-order valence-corrected chi connectivity index (χ0v) is 9.56. The summed E-state index contributed by atoms with van der Waals surface area (Å²) >= 11 is 5.54. The van der Waals surface area contributed by atoms with Crippen molar-refractivity contribution in [2.24, 2.45) is 5.73 Å². The summed E-state index contributed by atoms with van der Waals surface area (Å²) < 4.78 is 63.5. The molecule has 1 aromatic carbocycles. The molecule has 1 aromatic rings. The van der Waals surface area contributed by atoms with Crippen LogP contribution in [0, 0.1) is 0 Å². The van der Waals surface area contributed by atoms with Crippen LogP contribution in [-0.4, -0.2) is 17.6 Å². The Morgan fingerprint density at radius 3 is 2.22 bits per heavy atom. The number of aliphatic hydroxyl groups is 1. The Balaban J connectivity index is 3.24. The van der Waals surface area contributed by atoms with Crippen molar-refractivity contribution in [3.8, 4) is 0 Å². The summed E-state index contributed by atoms with van der Waals surface area (Å²) in [5, 5.41) is 8.13. The SMILES string of the molecule is N[C@@H](c1cc(C(F)(F)F)ccc1Cl)C(F)(F)CO. The normalized spacial score (nSPS) is 14.7. The van der Waals surface area contributed by atoms with E-state index in [2.05, 4.69) is 0 Å². The first-order valence-corrected chi connectivity index (χ1v) is 5.08. The van der Waals surface area contributed by atoms with Crippen LogP contribution in [0.5, 0.6) is 0 Å². The topological polar surface area (TPSA) is 46.2 Å². The van der Waals surface area contributed by atoms with Crippen LogP contribution in [0.15, 0.2) is 18.2 Å². The van der Waals surface area contributed by atoms with Gasteiger partial charge in [-0.2, -0.15) is 13.2 Å². The lowest BCUT2D eigenvalue weighted by Crippen LogP contribution is -2.36. The highest BCUT2D eigenvalue weighted by atomic mass is 35.5. The van der Waals surface area contributed by atoms with E-state index in [1.165, 1.54) is 0 Å². The summed E-state index contributed by atoms with van der Waals surface area (Å²) in [6.45, 7) is -1.58. The van der Waals surface area contributed by atoms with Gasteiger partial charge in [-0.05, 0) is 23.8 Å². The molecule has 0 aliphatic heterocycles. The van der Waals surface area contributed by atoms with Gasteiger partial charge >= 0.3 is 6.18 Å². The third kappa shape index (κ3) is 3.09. The van der Waals surface area contributed by atoms with Gasteiger partial charge in [-0.15, -0.1) is 0 Å². The third-order valence-electron chi connectivity index (χ3n) is 2.32. The molecule has 0 radical (unpaired) electrons. The molecule has 3 N–H and O–H groups in total. The standard InChI is InChI=1S/C10H9ClF5NO/c11-7-2-1-5(10(14,15)16)3-6(7)8(17)9(12,13)4-18/h1-3,8,18H,4,17H2/t8-/m0/s1. The van der Waals surface area contributed by atoms with E-state index >= 15 is 0 Å². The van der Waals surface area contributed by atoms with Gasteiger partial charge in [0.15, 0.2) is 0 Å². The maximum atomic E-state index is 13.1. The Morgan fingerprint density at radius 1 is 1.22 bits per heavy atom. The Morgan fingerprint density at radius 2 is 1.78 bits per heavy atom. The molecule has 1 rings (SSSR count). The molecule has 0 saturated carbocycles. The van der Waals surface area contributed by atoms with Crippen LogP contribution in [-0.2, 0) is 6.18 Å². The van der Waals surface area contributed by atoms with E-state index in [0.29, 0.717) is 12.1 Å². The van der Waals surface area contributed by atoms with Crippen molar-refractivity contribution >= 4 is 11.6 Å². The molecule has 0 aliphatic rings. The molecule has 0 aliphatic carbocycles. The highest BCUT2D eigenvalue weighted by molar-refractivity contribution is 6.31. The van der Waals surface area contributed by atoms with E-state index < -0.39 is 35.9 Å². The van der Waals surface area contributed by atoms with Crippen molar-refractivity contribution < 1.29 is 27.1 Å². The van der Waals surface area contributed by atoms with Crippen LogP contribution in [0.4, 0.5) is 22.0 Å². The average molecular weight is 290 g/mol. The fraction of sp³-hybridized carbons (Fsp3) is 0.400. The van der Waals surface area contributed by atoms with Gasteiger partial charge in [0.1, 0.15) is 6.61 Å². The number of halogens is 6. The second-order valence-electron chi connectivity index (χ2n) is 3.63. The third-order valence-corrected chi connectivity index (χ3v) is 2.67. The predicted molar refractivity (Wildman–Crippen MR) is 55.4 cm³/mol. The Bertz CT molecular complexity index is 435. The Kier molecular flexibility index (Phi) is 4.19. The molecule has 0 spiro atoms. The van der Waals surface area contributed by atoms with Gasteiger partial charge in [-0.1, -0.05) is 11.6 Å². The first-order valence-electron chi connectivity index (χ1n) is 4.70. The van der Waals surface area contributed by atoms with Crippen molar-refractivity contribution in [3.63, 3.8) is 0 Å². The van der Waals surface area contributed by atoms with Gasteiger partial charge in [0.05, 0.1) is 11.6 Å². The molecule has 8 heteroatoms. The monoisotopic (exact) mass is 289 g/mol. The highest BCUT2D eigenvalue weighted by Crippen LogP contribution is 2.37. The molecule has 0 bridgehead atoms. The molecule has 0 amide bonds. The second kappa shape index (κ2) is 4.99. The highest BCUT2D eigenvalue weighted by Gasteiger charge is 2.40. The number of hydrogen-bond donors (Lipinski definition) is 2. The zero-order valence-electron chi connectivity index (χ0n) is 8.81. The smallest absolute Gasteiger partial charge is 0.390 e. The van der Waals surface area contributed by atoms with Crippen LogP contribution in [0.1, 0.15) is 17.2 Å². The van der Waals surface area contributed by atoms with E-state index in [1.807, 2.05) is 0 Å². The van der Waals surface area contributed by atoms with E-state index in [-0.39, 0.29) is 5.02 Å². The van der Waals surface area contributed by atoms with E-state index in [0.717, 1.165) is 6.07 Å². The largest absolute Gasteiger partial charge is 0.416 e. The van der Waals surface area contributed by atoms with Gasteiger partial charge in [-0.25, -0.2) is 8.78 Å². The van der Waals surface area contributed by atoms with Crippen molar-refractivity contribution in [3.05, 3.63) is 34.3 Å². The zero-order chi connectivity index (χ0) is 14.1. The Hall–Kier alpha value is -0.920. The summed E-state index contributed by atoms with van der Waals surface area (Å²) in [7, 11) is 0. The number of alkyl halides is 5. The van der Waals surface area contributed by atoms with Crippen LogP contribution < -0.4 is 5.73 Å². The predicted octanol–water partition coefficient (Wildman–Crippen LogP) is 2.99. The van der Waals surface area contributed by atoms with Gasteiger partial charge in [0, 0.05) is 5.02 Å². The first-order chi connectivity index (χ1) is 8.09. The maximum absolute atomic E-state index is 13.1. The minimum atomic E-state index is -4.69. The fourth-order valence-electron chi connectivity index (χ4n) is 1.28. The van der Waals surface area contributed by atoms with Gasteiger partial charge in [0.2, 0.25) is 0 Å². The van der Waals surface area contributed by atoms with E-state index in [4.69, 9.17) is 22.4 Å². The number of nitrogens with two attached hydrogens (primary N) is 1. The number of rotatable bonds is 3. The molecular formula is C10H9ClF5NO. The van der Waals surface area contributed by atoms with Crippen molar-refractivity contribution in [2.75, 3.05) is 6.61 Å². The van der Waals surface area contributed by atoms with Crippen LogP contribution in [0.25, 0.3) is 0 Å². The van der Waals surface area contributed by atoms with Gasteiger partial charge in [-0.3, -0.25) is 0 Å². The Labute approximate surface area is 104 Å².